The molecule has 1 saturated carbocycles. The molecule has 1 amide bonds. The molecule has 32 heavy (non-hydrogen) atoms. The van der Waals surface area contributed by atoms with Crippen LogP contribution in [0.15, 0.2) is 60.7 Å². The van der Waals surface area contributed by atoms with Crippen molar-refractivity contribution in [1.82, 2.24) is 4.90 Å². The Hall–Kier alpha value is -2.70. The highest BCUT2D eigenvalue weighted by molar-refractivity contribution is 5.88. The first-order valence-electron chi connectivity index (χ1n) is 11.3. The summed E-state index contributed by atoms with van der Waals surface area (Å²) >= 11 is 0. The summed E-state index contributed by atoms with van der Waals surface area (Å²) < 4.78 is 5.75. The molecule has 172 valence electrons. The highest BCUT2D eigenvalue weighted by atomic mass is 16.5. The largest absolute Gasteiger partial charge is 0.480 e. The lowest BCUT2D eigenvalue weighted by Crippen LogP contribution is -2.54. The lowest BCUT2D eigenvalue weighted by atomic mass is 9.70. The van der Waals surface area contributed by atoms with E-state index in [4.69, 9.17) is 4.74 Å². The molecule has 2 N–H and O–H groups in total. The van der Waals surface area contributed by atoms with Crippen LogP contribution in [0.5, 0.6) is 0 Å². The quantitative estimate of drug-likeness (QED) is 0.587. The molecule has 3 rings (SSSR count). The molecular formula is C26H33NO5. The number of nitrogens with zero attached hydrogens (tertiary/aromatic N) is 1. The van der Waals surface area contributed by atoms with Crippen molar-refractivity contribution < 1.29 is 24.5 Å². The van der Waals surface area contributed by atoms with Gasteiger partial charge in [0.15, 0.2) is 6.04 Å². The Morgan fingerprint density at radius 3 is 2.12 bits per heavy atom. The minimum atomic E-state index is -1.14. The fourth-order valence-corrected chi connectivity index (χ4v) is 4.32. The van der Waals surface area contributed by atoms with Crippen molar-refractivity contribution in [2.75, 3.05) is 13.2 Å². The van der Waals surface area contributed by atoms with E-state index >= 15 is 0 Å². The molecule has 6 nitrogen and oxygen atoms in total. The molecular weight excluding hydrogens is 406 g/mol. The third-order valence-electron chi connectivity index (χ3n) is 6.49. The summed E-state index contributed by atoms with van der Waals surface area (Å²) in [5.74, 6) is -0.916. The van der Waals surface area contributed by atoms with E-state index in [0.29, 0.717) is 18.8 Å². The number of hydrogen-bond donors (Lipinski definition) is 2. The monoisotopic (exact) mass is 439 g/mol. The zero-order chi connectivity index (χ0) is 23.0. The predicted octanol–water partition coefficient (Wildman–Crippen LogP) is 3.87. The summed E-state index contributed by atoms with van der Waals surface area (Å²) in [7, 11) is 0. The minimum Gasteiger partial charge on any atom is -0.480 e. The highest BCUT2D eigenvalue weighted by Crippen LogP contribution is 2.40. The lowest BCUT2D eigenvalue weighted by molar-refractivity contribution is -0.162. The Balaban J connectivity index is 1.83. The maximum Gasteiger partial charge on any atom is 0.328 e. The fourth-order valence-electron chi connectivity index (χ4n) is 4.32. The number of rotatable bonds is 10. The first kappa shape index (κ1) is 24.0. The number of amides is 1. The van der Waals surface area contributed by atoms with Crippen LogP contribution in [0, 0.1) is 11.3 Å². The van der Waals surface area contributed by atoms with Crippen LogP contribution < -0.4 is 0 Å². The lowest BCUT2D eigenvalue weighted by Gasteiger charge is -2.42. The van der Waals surface area contributed by atoms with Gasteiger partial charge >= 0.3 is 5.97 Å². The second-order valence-corrected chi connectivity index (χ2v) is 8.89. The van der Waals surface area contributed by atoms with Crippen molar-refractivity contribution in [3.8, 4) is 0 Å². The highest BCUT2D eigenvalue weighted by Gasteiger charge is 2.45. The van der Waals surface area contributed by atoms with E-state index in [1.165, 1.54) is 4.90 Å². The fraction of sp³-hybridized carbons (Fsp3) is 0.462. The molecule has 2 aromatic carbocycles. The summed E-state index contributed by atoms with van der Waals surface area (Å²) in [5, 5.41) is 20.3. The van der Waals surface area contributed by atoms with Gasteiger partial charge < -0.3 is 19.8 Å². The number of carbonyl (C=O) groups is 2. The standard InChI is InChI=1S/C26H33NO5/c1-20-12-14-26(19-28,15-13-20)25(31)27(16-21-8-4-2-5-9-21)23(24(29)30)18-32-17-22-10-6-3-7-11-22/h2-11,20,23,28H,12-19H2,1H3,(H,29,30). The van der Waals surface area contributed by atoms with Gasteiger partial charge in [-0.2, -0.15) is 0 Å². The molecule has 1 atom stereocenters. The number of ether oxygens (including phenoxy) is 1. The summed E-state index contributed by atoms with van der Waals surface area (Å²) in [4.78, 5) is 27.5. The predicted molar refractivity (Wildman–Crippen MR) is 122 cm³/mol. The van der Waals surface area contributed by atoms with Crippen LogP contribution in [0.3, 0.4) is 0 Å². The van der Waals surface area contributed by atoms with E-state index in [2.05, 4.69) is 6.92 Å². The third-order valence-corrected chi connectivity index (χ3v) is 6.49. The minimum absolute atomic E-state index is 0.124. The Kier molecular flexibility index (Phi) is 8.42. The number of hydrogen-bond acceptors (Lipinski definition) is 4. The number of aliphatic carboxylic acids is 1. The average molecular weight is 440 g/mol. The maximum atomic E-state index is 13.8. The number of carboxylic acid groups (broad SMARTS) is 1. The van der Waals surface area contributed by atoms with Crippen molar-refractivity contribution in [2.45, 2.75) is 51.8 Å². The first-order chi connectivity index (χ1) is 15.4. The molecule has 0 aromatic heterocycles. The van der Waals surface area contributed by atoms with Gasteiger partial charge in [0.05, 0.1) is 25.2 Å². The van der Waals surface area contributed by atoms with Crippen LogP contribution in [0.1, 0.15) is 43.7 Å². The van der Waals surface area contributed by atoms with Crippen molar-refractivity contribution in [3.63, 3.8) is 0 Å². The van der Waals surface area contributed by atoms with E-state index in [0.717, 1.165) is 24.0 Å². The molecule has 0 heterocycles. The molecule has 0 radical (unpaired) electrons. The van der Waals surface area contributed by atoms with Gasteiger partial charge in [-0.3, -0.25) is 4.79 Å². The molecule has 1 unspecified atom stereocenters. The molecule has 2 aromatic rings. The van der Waals surface area contributed by atoms with Gasteiger partial charge in [-0.15, -0.1) is 0 Å². The topological polar surface area (TPSA) is 87.1 Å². The second-order valence-electron chi connectivity index (χ2n) is 8.89. The van der Waals surface area contributed by atoms with Gasteiger partial charge in [0, 0.05) is 6.54 Å². The van der Waals surface area contributed by atoms with Crippen molar-refractivity contribution in [2.24, 2.45) is 11.3 Å². The summed E-state index contributed by atoms with van der Waals surface area (Å²) in [6, 6.07) is 17.7. The third kappa shape index (κ3) is 5.96. The number of aliphatic hydroxyl groups excluding tert-OH is 1. The van der Waals surface area contributed by atoms with E-state index < -0.39 is 17.4 Å². The number of benzene rings is 2. The van der Waals surface area contributed by atoms with E-state index in [-0.39, 0.29) is 32.3 Å². The van der Waals surface area contributed by atoms with Gasteiger partial charge in [0.2, 0.25) is 5.91 Å². The SMILES string of the molecule is CC1CCC(CO)(C(=O)N(Cc2ccccc2)C(COCc2ccccc2)C(=O)O)CC1. The first-order valence-corrected chi connectivity index (χ1v) is 11.3. The number of aliphatic hydroxyl groups is 1. The van der Waals surface area contributed by atoms with Crippen LogP contribution in [0.4, 0.5) is 0 Å². The Morgan fingerprint density at radius 2 is 1.59 bits per heavy atom. The summed E-state index contributed by atoms with van der Waals surface area (Å²) in [5.41, 5.74) is 0.840. The molecule has 1 aliphatic carbocycles. The number of carbonyl (C=O) groups excluding carboxylic acids is 1. The van der Waals surface area contributed by atoms with Crippen LogP contribution in [-0.4, -0.2) is 46.2 Å². The van der Waals surface area contributed by atoms with Crippen LogP contribution in [-0.2, 0) is 27.5 Å². The normalized spacial score (nSPS) is 21.6. The second kappa shape index (κ2) is 11.2. The van der Waals surface area contributed by atoms with Crippen molar-refractivity contribution >= 4 is 11.9 Å². The van der Waals surface area contributed by atoms with Crippen LogP contribution >= 0.6 is 0 Å². The summed E-state index contributed by atoms with van der Waals surface area (Å²) in [6.45, 7) is 2.16. The van der Waals surface area contributed by atoms with Gasteiger partial charge in [0.1, 0.15) is 0 Å². The van der Waals surface area contributed by atoms with Gasteiger partial charge in [-0.1, -0.05) is 67.6 Å². The van der Waals surface area contributed by atoms with Gasteiger partial charge in [-0.25, -0.2) is 4.79 Å². The Bertz CT molecular complexity index is 862. The molecule has 0 saturated heterocycles. The molecule has 1 fully saturated rings. The molecule has 0 bridgehead atoms. The molecule has 1 aliphatic rings. The van der Waals surface area contributed by atoms with Crippen molar-refractivity contribution in [3.05, 3.63) is 71.8 Å². The molecule has 0 spiro atoms. The molecule has 0 aliphatic heterocycles. The van der Waals surface area contributed by atoms with E-state index in [9.17, 15) is 19.8 Å². The van der Waals surface area contributed by atoms with Gasteiger partial charge in [0.25, 0.3) is 0 Å². The zero-order valence-electron chi connectivity index (χ0n) is 18.7. The Morgan fingerprint density at radius 1 is 1.03 bits per heavy atom. The van der Waals surface area contributed by atoms with Crippen LogP contribution in [0.2, 0.25) is 0 Å². The van der Waals surface area contributed by atoms with Crippen LogP contribution in [0.25, 0.3) is 0 Å². The van der Waals surface area contributed by atoms with E-state index in [1.54, 1.807) is 0 Å². The van der Waals surface area contributed by atoms with E-state index in [1.807, 2.05) is 60.7 Å². The average Bonchev–Trinajstić information content (AvgIpc) is 2.82. The summed E-state index contributed by atoms with van der Waals surface area (Å²) in [6.07, 6.45) is 2.81. The van der Waals surface area contributed by atoms with Gasteiger partial charge in [-0.05, 0) is 42.7 Å². The maximum absolute atomic E-state index is 13.8. The smallest absolute Gasteiger partial charge is 0.328 e. The molecule has 6 heteroatoms. The number of carboxylic acids is 1. The zero-order valence-corrected chi connectivity index (χ0v) is 18.7. The Labute approximate surface area is 189 Å². The van der Waals surface area contributed by atoms with Crippen molar-refractivity contribution in [1.29, 1.82) is 0 Å².